The molecular formula is C16H16N4. The number of aromatic nitrogens is 2. The van der Waals surface area contributed by atoms with Gasteiger partial charge in [0.25, 0.3) is 0 Å². The summed E-state index contributed by atoms with van der Waals surface area (Å²) >= 11 is 0. The van der Waals surface area contributed by atoms with Crippen molar-refractivity contribution < 1.29 is 0 Å². The molecule has 1 aliphatic rings. The SMILES string of the molecule is Nc1nc(N)c2c(n1)CCC(C#Cc1ccccc1)C2. The molecule has 0 spiro atoms. The predicted molar refractivity (Wildman–Crippen MR) is 79.7 cm³/mol. The molecule has 0 saturated heterocycles. The van der Waals surface area contributed by atoms with Crippen LogP contribution in [0.25, 0.3) is 0 Å². The van der Waals surface area contributed by atoms with E-state index in [0.29, 0.717) is 11.7 Å². The first kappa shape index (κ1) is 12.5. The summed E-state index contributed by atoms with van der Waals surface area (Å²) in [5.74, 6) is 7.61. The zero-order valence-electron chi connectivity index (χ0n) is 11.1. The van der Waals surface area contributed by atoms with E-state index in [-0.39, 0.29) is 5.95 Å². The molecule has 1 atom stereocenters. The number of nitrogen functional groups attached to an aromatic ring is 2. The summed E-state index contributed by atoms with van der Waals surface area (Å²) in [5.41, 5.74) is 14.6. The first-order valence-corrected chi connectivity index (χ1v) is 6.69. The highest BCUT2D eigenvalue weighted by Crippen LogP contribution is 2.27. The Morgan fingerprint density at radius 1 is 1.10 bits per heavy atom. The molecule has 1 aromatic carbocycles. The predicted octanol–water partition coefficient (Wildman–Crippen LogP) is 1.80. The van der Waals surface area contributed by atoms with Gasteiger partial charge < -0.3 is 11.5 Å². The number of benzene rings is 1. The van der Waals surface area contributed by atoms with E-state index in [0.717, 1.165) is 36.1 Å². The lowest BCUT2D eigenvalue weighted by atomic mass is 9.87. The zero-order chi connectivity index (χ0) is 13.9. The average Bonchev–Trinajstić information content (AvgIpc) is 2.46. The third-order valence-corrected chi connectivity index (χ3v) is 3.52. The van der Waals surface area contributed by atoms with E-state index >= 15 is 0 Å². The first-order valence-electron chi connectivity index (χ1n) is 6.69. The van der Waals surface area contributed by atoms with Crippen molar-refractivity contribution in [1.82, 2.24) is 9.97 Å². The van der Waals surface area contributed by atoms with Crippen LogP contribution in [0.1, 0.15) is 23.2 Å². The minimum Gasteiger partial charge on any atom is -0.383 e. The molecule has 4 nitrogen and oxygen atoms in total. The smallest absolute Gasteiger partial charge is 0.222 e. The van der Waals surface area contributed by atoms with Crippen LogP contribution in [0, 0.1) is 17.8 Å². The van der Waals surface area contributed by atoms with Crippen molar-refractivity contribution in [1.29, 1.82) is 0 Å². The molecule has 1 aliphatic carbocycles. The van der Waals surface area contributed by atoms with Crippen LogP contribution in [0.2, 0.25) is 0 Å². The number of fused-ring (bicyclic) bond motifs is 1. The van der Waals surface area contributed by atoms with Gasteiger partial charge in [0.15, 0.2) is 0 Å². The third-order valence-electron chi connectivity index (χ3n) is 3.52. The largest absolute Gasteiger partial charge is 0.383 e. The maximum atomic E-state index is 5.93. The number of hydrogen-bond donors (Lipinski definition) is 2. The molecular weight excluding hydrogens is 248 g/mol. The van der Waals surface area contributed by atoms with E-state index in [2.05, 4.69) is 21.8 Å². The molecule has 0 radical (unpaired) electrons. The Morgan fingerprint density at radius 3 is 2.70 bits per heavy atom. The van der Waals surface area contributed by atoms with Crippen molar-refractivity contribution in [2.45, 2.75) is 19.3 Å². The number of hydrogen-bond acceptors (Lipinski definition) is 4. The van der Waals surface area contributed by atoms with Gasteiger partial charge in [-0.15, -0.1) is 0 Å². The summed E-state index contributed by atoms with van der Waals surface area (Å²) in [7, 11) is 0. The lowest BCUT2D eigenvalue weighted by Gasteiger charge is -2.21. The molecule has 20 heavy (non-hydrogen) atoms. The summed E-state index contributed by atoms with van der Waals surface area (Å²) in [5, 5.41) is 0. The molecule has 0 aliphatic heterocycles. The number of nitrogens with two attached hydrogens (primary N) is 2. The van der Waals surface area contributed by atoms with Crippen molar-refractivity contribution >= 4 is 11.8 Å². The lowest BCUT2D eigenvalue weighted by Crippen LogP contribution is -2.18. The van der Waals surface area contributed by atoms with Crippen LogP contribution in [0.4, 0.5) is 11.8 Å². The van der Waals surface area contributed by atoms with Gasteiger partial charge in [0.2, 0.25) is 5.95 Å². The van der Waals surface area contributed by atoms with Gasteiger partial charge in [-0.2, -0.15) is 4.98 Å². The zero-order valence-corrected chi connectivity index (χ0v) is 11.1. The maximum absolute atomic E-state index is 5.93. The number of anilines is 2. The monoisotopic (exact) mass is 264 g/mol. The Balaban J connectivity index is 1.81. The Kier molecular flexibility index (Phi) is 3.26. The van der Waals surface area contributed by atoms with E-state index in [1.54, 1.807) is 0 Å². The first-order chi connectivity index (χ1) is 9.72. The normalized spacial score (nSPS) is 16.9. The molecule has 3 rings (SSSR count). The number of rotatable bonds is 0. The van der Waals surface area contributed by atoms with E-state index in [4.69, 9.17) is 11.5 Å². The molecule has 4 N–H and O–H groups in total. The van der Waals surface area contributed by atoms with Gasteiger partial charge in [0, 0.05) is 17.0 Å². The molecule has 1 heterocycles. The van der Waals surface area contributed by atoms with E-state index in [1.807, 2.05) is 30.3 Å². The van der Waals surface area contributed by atoms with E-state index < -0.39 is 0 Å². The molecule has 100 valence electrons. The van der Waals surface area contributed by atoms with Crippen LogP contribution in [0.3, 0.4) is 0 Å². The summed E-state index contributed by atoms with van der Waals surface area (Å²) in [6.07, 6.45) is 2.66. The summed E-state index contributed by atoms with van der Waals surface area (Å²) in [4.78, 5) is 8.30. The highest BCUT2D eigenvalue weighted by molar-refractivity contribution is 5.48. The van der Waals surface area contributed by atoms with Gasteiger partial charge in [0.1, 0.15) is 5.82 Å². The summed E-state index contributed by atoms with van der Waals surface area (Å²) < 4.78 is 0. The topological polar surface area (TPSA) is 77.8 Å². The average molecular weight is 264 g/mol. The molecule has 0 saturated carbocycles. The van der Waals surface area contributed by atoms with Crippen molar-refractivity contribution in [2.24, 2.45) is 5.92 Å². The van der Waals surface area contributed by atoms with Crippen molar-refractivity contribution in [3.63, 3.8) is 0 Å². The molecule has 0 bridgehead atoms. The second kappa shape index (κ2) is 5.22. The maximum Gasteiger partial charge on any atom is 0.222 e. The van der Waals surface area contributed by atoms with E-state index in [1.165, 1.54) is 0 Å². The van der Waals surface area contributed by atoms with Crippen molar-refractivity contribution in [2.75, 3.05) is 11.5 Å². The van der Waals surface area contributed by atoms with Crippen LogP contribution in [0.5, 0.6) is 0 Å². The fraction of sp³-hybridized carbons (Fsp3) is 0.250. The molecule has 4 heteroatoms. The third kappa shape index (κ3) is 2.57. The number of aryl methyl sites for hydroxylation is 1. The van der Waals surface area contributed by atoms with E-state index in [9.17, 15) is 0 Å². The quantitative estimate of drug-likeness (QED) is 0.711. The van der Waals surface area contributed by atoms with Crippen LogP contribution in [-0.2, 0) is 12.8 Å². The van der Waals surface area contributed by atoms with Crippen molar-refractivity contribution in [3.8, 4) is 11.8 Å². The fourth-order valence-electron chi connectivity index (χ4n) is 2.49. The van der Waals surface area contributed by atoms with Gasteiger partial charge >= 0.3 is 0 Å². The lowest BCUT2D eigenvalue weighted by molar-refractivity contribution is 0.560. The minimum atomic E-state index is 0.259. The Hall–Kier alpha value is -2.54. The van der Waals surface area contributed by atoms with Gasteiger partial charge in [0.05, 0.1) is 5.69 Å². The number of nitrogens with zero attached hydrogens (tertiary/aromatic N) is 2. The highest BCUT2D eigenvalue weighted by atomic mass is 15.0. The standard InChI is InChI=1S/C16H16N4/c17-15-13-10-12(7-6-11-4-2-1-3-5-11)8-9-14(13)19-16(18)20-15/h1-5,12H,8-10H2,(H4,17,18,19,20). The van der Waals surface area contributed by atoms with Crippen molar-refractivity contribution in [3.05, 3.63) is 47.2 Å². The minimum absolute atomic E-state index is 0.259. The fourth-order valence-corrected chi connectivity index (χ4v) is 2.49. The highest BCUT2D eigenvalue weighted by Gasteiger charge is 2.21. The molecule has 0 amide bonds. The second-order valence-corrected chi connectivity index (χ2v) is 4.97. The van der Waals surface area contributed by atoms with Gasteiger partial charge in [-0.3, -0.25) is 0 Å². The molecule has 2 aromatic rings. The van der Waals surface area contributed by atoms with Gasteiger partial charge in [-0.05, 0) is 31.4 Å². The van der Waals surface area contributed by atoms with Gasteiger partial charge in [-0.25, -0.2) is 4.98 Å². The summed E-state index contributed by atoms with van der Waals surface area (Å²) in [6.45, 7) is 0. The molecule has 1 unspecified atom stereocenters. The van der Waals surface area contributed by atoms with Gasteiger partial charge in [-0.1, -0.05) is 30.0 Å². The Bertz CT molecular complexity index is 683. The second-order valence-electron chi connectivity index (χ2n) is 4.97. The summed E-state index contributed by atoms with van der Waals surface area (Å²) in [6, 6.07) is 10.0. The van der Waals surface area contributed by atoms with Crippen LogP contribution >= 0.6 is 0 Å². The molecule has 0 fully saturated rings. The van der Waals surface area contributed by atoms with Crippen LogP contribution < -0.4 is 11.5 Å². The van der Waals surface area contributed by atoms with Crippen LogP contribution in [-0.4, -0.2) is 9.97 Å². The van der Waals surface area contributed by atoms with Crippen LogP contribution in [0.15, 0.2) is 30.3 Å². The molecule has 1 aromatic heterocycles. The Labute approximate surface area is 118 Å². The Morgan fingerprint density at radius 2 is 1.90 bits per heavy atom.